The molecule has 2 N–H and O–H groups in total. The zero-order chi connectivity index (χ0) is 16.6. The van der Waals surface area contributed by atoms with E-state index in [9.17, 15) is 18.4 Å². The second-order valence-electron chi connectivity index (χ2n) is 8.51. The van der Waals surface area contributed by atoms with Gasteiger partial charge in [0.1, 0.15) is 12.3 Å². The van der Waals surface area contributed by atoms with Crippen LogP contribution in [0.25, 0.3) is 0 Å². The molecule has 10 unspecified atom stereocenters. The monoisotopic (exact) mass is 338 g/mol. The number of ketones is 2. The summed E-state index contributed by atoms with van der Waals surface area (Å²) in [7, 11) is 0. The Morgan fingerprint density at radius 1 is 0.708 bits per heavy atom. The molecule has 5 aliphatic rings. The molecule has 4 nitrogen and oxygen atoms in total. The number of alkyl halides is 2. The van der Waals surface area contributed by atoms with Crippen LogP contribution in [0.1, 0.15) is 38.5 Å². The van der Waals surface area contributed by atoms with E-state index >= 15 is 0 Å². The molecule has 24 heavy (non-hydrogen) atoms. The Kier molecular flexibility index (Phi) is 3.40. The Bertz CT molecular complexity index is 535. The zero-order valence-electron chi connectivity index (χ0n) is 13.6. The number of hydrogen-bond donors (Lipinski definition) is 2. The van der Waals surface area contributed by atoms with Crippen LogP contribution < -0.4 is 10.6 Å². The van der Waals surface area contributed by atoms with Crippen molar-refractivity contribution < 1.29 is 18.4 Å². The van der Waals surface area contributed by atoms with Crippen molar-refractivity contribution in [2.24, 2.45) is 23.7 Å². The summed E-state index contributed by atoms with van der Waals surface area (Å²) in [5, 5.41) is 6.93. The van der Waals surface area contributed by atoms with Gasteiger partial charge in [-0.2, -0.15) is 0 Å². The number of rotatable bonds is 0. The van der Waals surface area contributed by atoms with E-state index in [1.54, 1.807) is 0 Å². The smallest absolute Gasteiger partial charge is 0.154 e. The van der Waals surface area contributed by atoms with Crippen molar-refractivity contribution in [2.45, 2.75) is 75.0 Å². The summed E-state index contributed by atoms with van der Waals surface area (Å²) >= 11 is 0. The maximum Gasteiger partial charge on any atom is 0.154 e. The minimum absolute atomic E-state index is 0.0680. The molecule has 1 heterocycles. The number of halogens is 2. The fraction of sp³-hybridized carbons (Fsp3) is 0.889. The summed E-state index contributed by atoms with van der Waals surface area (Å²) in [6, 6.07) is -0.745. The Morgan fingerprint density at radius 3 is 1.54 bits per heavy atom. The van der Waals surface area contributed by atoms with Crippen molar-refractivity contribution in [2.75, 3.05) is 0 Å². The van der Waals surface area contributed by atoms with E-state index < -0.39 is 12.3 Å². The highest BCUT2D eigenvalue weighted by molar-refractivity contribution is 5.94. The van der Waals surface area contributed by atoms with E-state index in [1.165, 1.54) is 0 Å². The average molecular weight is 338 g/mol. The minimum Gasteiger partial charge on any atom is -0.301 e. The number of Topliss-reactive ketones (excluding diaryl/α,β-unsaturated/α-hetero) is 2. The average Bonchev–Trinajstić information content (AvgIpc) is 2.99. The third kappa shape index (κ3) is 2.02. The molecule has 0 bridgehead atoms. The molecule has 4 saturated carbocycles. The first kappa shape index (κ1) is 15.4. The number of piperazine rings is 1. The van der Waals surface area contributed by atoms with Crippen LogP contribution in [0, 0.1) is 23.7 Å². The summed E-state index contributed by atoms with van der Waals surface area (Å²) < 4.78 is 27.5. The van der Waals surface area contributed by atoms with Gasteiger partial charge in [0.05, 0.1) is 12.1 Å². The van der Waals surface area contributed by atoms with Crippen LogP contribution in [-0.4, -0.2) is 48.1 Å². The maximum absolute atomic E-state index is 13.7. The highest BCUT2D eigenvalue weighted by atomic mass is 19.1. The lowest BCUT2D eigenvalue weighted by molar-refractivity contribution is -0.126. The van der Waals surface area contributed by atoms with Crippen molar-refractivity contribution in [1.82, 2.24) is 10.6 Å². The largest absolute Gasteiger partial charge is 0.301 e. The molecular weight excluding hydrogens is 314 g/mol. The maximum atomic E-state index is 13.7. The van der Waals surface area contributed by atoms with Crippen molar-refractivity contribution >= 4 is 11.6 Å². The van der Waals surface area contributed by atoms with Crippen LogP contribution in [-0.2, 0) is 9.59 Å². The van der Waals surface area contributed by atoms with Crippen LogP contribution in [0.3, 0.4) is 0 Å². The molecule has 5 fully saturated rings. The van der Waals surface area contributed by atoms with E-state index in [1.807, 2.05) is 0 Å². The predicted molar refractivity (Wildman–Crippen MR) is 82.9 cm³/mol. The van der Waals surface area contributed by atoms with Gasteiger partial charge in [0.2, 0.25) is 0 Å². The van der Waals surface area contributed by atoms with Gasteiger partial charge < -0.3 is 10.6 Å². The second kappa shape index (κ2) is 5.31. The van der Waals surface area contributed by atoms with Gasteiger partial charge in [0.25, 0.3) is 0 Å². The Balaban J connectivity index is 1.42. The number of nitrogens with one attached hydrogen (secondary N) is 2. The highest BCUT2D eigenvalue weighted by Gasteiger charge is 2.61. The fourth-order valence-corrected chi connectivity index (χ4v) is 6.33. The van der Waals surface area contributed by atoms with Crippen molar-refractivity contribution in [3.8, 4) is 0 Å². The zero-order valence-corrected chi connectivity index (χ0v) is 13.6. The Hall–Kier alpha value is -0.880. The molecule has 0 radical (unpaired) electrons. The minimum atomic E-state index is -0.874. The molecule has 6 heteroatoms. The lowest BCUT2D eigenvalue weighted by Gasteiger charge is -2.41. The van der Waals surface area contributed by atoms with Gasteiger partial charge in [0, 0.05) is 23.9 Å². The molecule has 0 amide bonds. The first-order valence-electron chi connectivity index (χ1n) is 9.42. The topological polar surface area (TPSA) is 58.2 Å². The van der Waals surface area contributed by atoms with Crippen LogP contribution in [0.2, 0.25) is 0 Å². The lowest BCUT2D eigenvalue weighted by Crippen LogP contribution is -2.67. The highest BCUT2D eigenvalue weighted by Crippen LogP contribution is 2.47. The van der Waals surface area contributed by atoms with E-state index in [0.29, 0.717) is 38.5 Å². The molecule has 0 aromatic heterocycles. The first-order chi connectivity index (χ1) is 11.5. The van der Waals surface area contributed by atoms with Crippen LogP contribution >= 0.6 is 0 Å². The van der Waals surface area contributed by atoms with Gasteiger partial charge >= 0.3 is 0 Å². The van der Waals surface area contributed by atoms with Gasteiger partial charge in [-0.1, -0.05) is 0 Å². The molecule has 1 aliphatic heterocycles. The van der Waals surface area contributed by atoms with Gasteiger partial charge in [-0.25, -0.2) is 8.78 Å². The normalized spacial score (nSPS) is 56.4. The Labute approximate surface area is 140 Å². The van der Waals surface area contributed by atoms with Gasteiger partial charge in [0.15, 0.2) is 11.6 Å². The second-order valence-corrected chi connectivity index (χ2v) is 8.51. The summed E-state index contributed by atoms with van der Waals surface area (Å²) in [5.41, 5.74) is 0. The fourth-order valence-electron chi connectivity index (χ4n) is 6.33. The van der Waals surface area contributed by atoms with E-state index in [4.69, 9.17) is 0 Å². The molecule has 132 valence electrons. The van der Waals surface area contributed by atoms with Gasteiger partial charge in [-0.05, 0) is 50.4 Å². The number of carbonyl (C=O) groups excluding carboxylic acids is 2. The molecule has 4 aliphatic carbocycles. The van der Waals surface area contributed by atoms with Crippen molar-refractivity contribution in [3.63, 3.8) is 0 Å². The Morgan fingerprint density at radius 2 is 1.12 bits per heavy atom. The number of carbonyl (C=O) groups is 2. The number of hydrogen-bond acceptors (Lipinski definition) is 4. The summed E-state index contributed by atoms with van der Waals surface area (Å²) in [4.78, 5) is 25.6. The SMILES string of the molecule is O=C1C2CC(F)CCC2C2NC3C(=O)C4CC(F)CCC4C3NC12. The lowest BCUT2D eigenvalue weighted by atomic mass is 9.78. The van der Waals surface area contributed by atoms with Gasteiger partial charge in [-0.15, -0.1) is 0 Å². The van der Waals surface area contributed by atoms with E-state index in [2.05, 4.69) is 10.6 Å². The quantitative estimate of drug-likeness (QED) is 0.700. The predicted octanol–water partition coefficient (Wildman–Crippen LogP) is 1.33. The molecule has 1 saturated heterocycles. The summed E-state index contributed by atoms with van der Waals surface area (Å²) in [6.45, 7) is 0. The molecule has 10 atom stereocenters. The molecule has 0 spiro atoms. The summed E-state index contributed by atoms with van der Waals surface area (Å²) in [5.74, 6) is 0.0754. The van der Waals surface area contributed by atoms with Crippen LogP contribution in [0.5, 0.6) is 0 Å². The molecule has 0 aromatic carbocycles. The first-order valence-corrected chi connectivity index (χ1v) is 9.42. The van der Waals surface area contributed by atoms with Crippen LogP contribution in [0.4, 0.5) is 8.78 Å². The third-order valence-corrected chi connectivity index (χ3v) is 7.41. The van der Waals surface area contributed by atoms with E-state index in [0.717, 1.165) is 0 Å². The van der Waals surface area contributed by atoms with Crippen molar-refractivity contribution in [1.29, 1.82) is 0 Å². The molecule has 0 aromatic rings. The standard InChI is InChI=1S/C18H24F2N2O2/c19-7-1-3-9-11(5-7)17(23)15-13(9)21-16-14(22-15)10-4-2-8(20)6-12(10)18(16)24/h7-16,21-22H,1-6H2. The molecule has 5 rings (SSSR count). The van der Waals surface area contributed by atoms with Crippen molar-refractivity contribution in [3.05, 3.63) is 0 Å². The number of fused-ring (bicyclic) bond motifs is 6. The van der Waals surface area contributed by atoms with E-state index in [-0.39, 0.29) is 59.4 Å². The third-order valence-electron chi connectivity index (χ3n) is 7.41. The van der Waals surface area contributed by atoms with Gasteiger partial charge in [-0.3, -0.25) is 9.59 Å². The molecular formula is C18H24F2N2O2. The summed E-state index contributed by atoms with van der Waals surface area (Å²) in [6.07, 6.45) is 1.35. The van der Waals surface area contributed by atoms with Crippen LogP contribution in [0.15, 0.2) is 0 Å².